The fourth-order valence-corrected chi connectivity index (χ4v) is 5.18. The van der Waals surface area contributed by atoms with Crippen molar-refractivity contribution >= 4 is 27.6 Å². The summed E-state index contributed by atoms with van der Waals surface area (Å²) in [4.78, 5) is 8.31. The number of nitrogens with one attached hydrogen (secondary N) is 1. The summed E-state index contributed by atoms with van der Waals surface area (Å²) >= 11 is 5.88. The number of aliphatic hydroxyl groups is 1. The summed E-state index contributed by atoms with van der Waals surface area (Å²) in [5.41, 5.74) is 0.846. The molecule has 2 heterocycles. The molecule has 0 spiro atoms. The number of benzene rings is 2. The second kappa shape index (κ2) is 11.3. The molecule has 3 atom stereocenters. The molecule has 4 rings (SSSR count). The lowest BCUT2D eigenvalue weighted by Crippen LogP contribution is -2.31. The van der Waals surface area contributed by atoms with Gasteiger partial charge in [-0.3, -0.25) is 9.29 Å². The molecule has 13 heteroatoms. The Bertz CT molecular complexity index is 1480. The average Bonchev–Trinajstić information content (AvgIpc) is 3.34. The summed E-state index contributed by atoms with van der Waals surface area (Å²) in [5.74, 6) is 0.327. The van der Waals surface area contributed by atoms with Gasteiger partial charge in [0.05, 0.1) is 24.5 Å². The van der Waals surface area contributed by atoms with E-state index in [-0.39, 0.29) is 11.8 Å². The predicted molar refractivity (Wildman–Crippen MR) is 142 cm³/mol. The van der Waals surface area contributed by atoms with Gasteiger partial charge in [0.25, 0.3) is 0 Å². The quantitative estimate of drug-likeness (QED) is 0.297. The molecule has 2 aromatic carbocycles. The molecule has 4 aromatic rings. The highest BCUT2D eigenvalue weighted by Gasteiger charge is 2.33. The summed E-state index contributed by atoms with van der Waals surface area (Å²) < 4.78 is 42.1. The molecular formula is C25H27ClN6O5S. The number of para-hydroxylation sites is 1. The molecule has 0 saturated carbocycles. The van der Waals surface area contributed by atoms with Crippen LogP contribution < -0.4 is 14.2 Å². The van der Waals surface area contributed by atoms with E-state index in [9.17, 15) is 13.5 Å². The molecule has 0 radical (unpaired) electrons. The number of aliphatic hydroxyl groups excluding tert-OH is 1. The van der Waals surface area contributed by atoms with E-state index < -0.39 is 27.3 Å². The molecular weight excluding hydrogens is 532 g/mol. The number of rotatable bonds is 10. The molecule has 0 fully saturated rings. The first-order valence-corrected chi connectivity index (χ1v) is 13.5. The van der Waals surface area contributed by atoms with Gasteiger partial charge in [-0.25, -0.2) is 18.4 Å². The Balaban J connectivity index is 1.81. The number of aromatic nitrogens is 5. The summed E-state index contributed by atoms with van der Waals surface area (Å²) in [6.07, 6.45) is 1.58. The van der Waals surface area contributed by atoms with Gasteiger partial charge in [0.1, 0.15) is 29.1 Å². The van der Waals surface area contributed by atoms with Crippen LogP contribution in [0.25, 0.3) is 5.69 Å². The van der Waals surface area contributed by atoms with Crippen molar-refractivity contribution in [1.82, 2.24) is 24.7 Å². The molecule has 0 aliphatic heterocycles. The highest BCUT2D eigenvalue weighted by molar-refractivity contribution is 7.93. The van der Waals surface area contributed by atoms with E-state index in [1.54, 1.807) is 49.4 Å². The lowest BCUT2D eigenvalue weighted by atomic mass is 10.1. The number of hydrogen-bond acceptors (Lipinski definition) is 9. The van der Waals surface area contributed by atoms with E-state index in [4.69, 9.17) is 21.1 Å². The fourth-order valence-electron chi connectivity index (χ4n) is 3.85. The molecule has 2 aromatic heterocycles. The third-order valence-electron chi connectivity index (χ3n) is 6.15. The minimum Gasteiger partial charge on any atom is -0.494 e. The topological polar surface area (TPSA) is 141 Å². The Labute approximate surface area is 225 Å². The van der Waals surface area contributed by atoms with Crippen molar-refractivity contribution in [3.63, 3.8) is 0 Å². The third kappa shape index (κ3) is 5.42. The zero-order valence-electron chi connectivity index (χ0n) is 21.1. The van der Waals surface area contributed by atoms with Crippen LogP contribution in [0.4, 0.5) is 5.95 Å². The predicted octanol–water partition coefficient (Wildman–Crippen LogP) is 3.74. The van der Waals surface area contributed by atoms with Crippen molar-refractivity contribution < 1.29 is 23.0 Å². The largest absolute Gasteiger partial charge is 0.494 e. The molecule has 3 unspecified atom stereocenters. The Morgan fingerprint density at radius 1 is 0.947 bits per heavy atom. The van der Waals surface area contributed by atoms with Gasteiger partial charge in [-0.15, -0.1) is 10.2 Å². The van der Waals surface area contributed by atoms with Crippen molar-refractivity contribution in [3.8, 4) is 17.2 Å². The maximum absolute atomic E-state index is 13.5. The second-order valence-electron chi connectivity index (χ2n) is 8.44. The van der Waals surface area contributed by atoms with Gasteiger partial charge in [0.15, 0.2) is 5.82 Å². The maximum Gasteiger partial charge on any atom is 0.243 e. The lowest BCUT2D eigenvalue weighted by Gasteiger charge is -2.22. The Hall–Kier alpha value is -3.74. The molecule has 11 nitrogen and oxygen atoms in total. The Kier molecular flexibility index (Phi) is 8.14. The van der Waals surface area contributed by atoms with Gasteiger partial charge in [-0.2, -0.15) is 0 Å². The molecule has 0 aliphatic rings. The van der Waals surface area contributed by atoms with Crippen LogP contribution in [0.5, 0.6) is 11.5 Å². The molecule has 0 bridgehead atoms. The van der Waals surface area contributed by atoms with Gasteiger partial charge in [-0.1, -0.05) is 54.9 Å². The SMILES string of the molecule is COc1cccc(OC)c1-n1c(NS(=O)(=O)C(C)C(C)c2ncc(Cl)cn2)nnc1C(O)c1ccccc1. The number of halogens is 1. The van der Waals surface area contributed by atoms with E-state index >= 15 is 0 Å². The fraction of sp³-hybridized carbons (Fsp3) is 0.280. The number of methoxy groups -OCH3 is 2. The zero-order chi connectivity index (χ0) is 27.4. The van der Waals surface area contributed by atoms with Crippen LogP contribution in [0.15, 0.2) is 60.9 Å². The van der Waals surface area contributed by atoms with Gasteiger partial charge in [0, 0.05) is 18.3 Å². The first kappa shape index (κ1) is 27.3. The normalized spacial score (nSPS) is 13.9. The maximum atomic E-state index is 13.5. The minimum atomic E-state index is -4.07. The van der Waals surface area contributed by atoms with E-state index in [2.05, 4.69) is 24.9 Å². The van der Waals surface area contributed by atoms with Crippen molar-refractivity contribution in [2.75, 3.05) is 18.9 Å². The molecule has 38 heavy (non-hydrogen) atoms. The molecule has 0 aliphatic carbocycles. The van der Waals surface area contributed by atoms with Crippen molar-refractivity contribution in [3.05, 3.63) is 83.2 Å². The van der Waals surface area contributed by atoms with Crippen LogP contribution in [-0.2, 0) is 10.0 Å². The van der Waals surface area contributed by atoms with E-state index in [1.807, 2.05) is 6.07 Å². The van der Waals surface area contributed by atoms with Crippen LogP contribution in [0.3, 0.4) is 0 Å². The van der Waals surface area contributed by atoms with Crippen molar-refractivity contribution in [1.29, 1.82) is 0 Å². The van der Waals surface area contributed by atoms with Gasteiger partial charge in [0.2, 0.25) is 16.0 Å². The number of ether oxygens (including phenoxy) is 2. The first-order valence-electron chi connectivity index (χ1n) is 11.6. The Morgan fingerprint density at radius 2 is 1.55 bits per heavy atom. The highest BCUT2D eigenvalue weighted by Crippen LogP contribution is 2.37. The highest BCUT2D eigenvalue weighted by atomic mass is 35.5. The molecule has 0 saturated heterocycles. The zero-order valence-corrected chi connectivity index (χ0v) is 22.7. The summed E-state index contributed by atoms with van der Waals surface area (Å²) in [6.45, 7) is 3.24. The van der Waals surface area contributed by atoms with E-state index in [1.165, 1.54) is 38.1 Å². The van der Waals surface area contributed by atoms with Gasteiger partial charge < -0.3 is 14.6 Å². The molecule has 0 amide bonds. The van der Waals surface area contributed by atoms with Crippen molar-refractivity contribution in [2.24, 2.45) is 0 Å². The summed E-state index contributed by atoms with van der Waals surface area (Å²) in [7, 11) is -1.13. The number of nitrogens with zero attached hydrogens (tertiary/aromatic N) is 5. The average molecular weight is 559 g/mol. The monoisotopic (exact) mass is 558 g/mol. The third-order valence-corrected chi connectivity index (χ3v) is 8.20. The number of hydrogen-bond donors (Lipinski definition) is 2. The van der Waals surface area contributed by atoms with Crippen LogP contribution in [0, 0.1) is 0 Å². The first-order chi connectivity index (χ1) is 18.2. The smallest absolute Gasteiger partial charge is 0.243 e. The summed E-state index contributed by atoms with van der Waals surface area (Å²) in [5, 5.41) is 18.9. The van der Waals surface area contributed by atoms with Gasteiger partial charge in [-0.05, 0) is 24.6 Å². The van der Waals surface area contributed by atoms with Crippen LogP contribution in [-0.4, -0.2) is 57.7 Å². The van der Waals surface area contributed by atoms with Crippen LogP contribution in [0.1, 0.15) is 43.1 Å². The van der Waals surface area contributed by atoms with Crippen molar-refractivity contribution in [2.45, 2.75) is 31.1 Å². The van der Waals surface area contributed by atoms with Crippen LogP contribution in [0.2, 0.25) is 5.02 Å². The number of sulfonamides is 1. The number of anilines is 1. The standard InChI is InChI=1S/C25H27ClN6O5S/c1-15(23-27-13-18(26)14-28-23)16(2)38(34,35)31-25-30-29-24(22(33)17-9-6-5-7-10-17)32(25)21-19(36-3)11-8-12-20(21)37-4/h5-16,22,33H,1-4H3,(H,30,31). The Morgan fingerprint density at radius 3 is 2.13 bits per heavy atom. The molecule has 2 N–H and O–H groups in total. The second-order valence-corrected chi connectivity index (χ2v) is 10.9. The minimum absolute atomic E-state index is 0.0541. The van der Waals surface area contributed by atoms with E-state index in [0.29, 0.717) is 33.6 Å². The lowest BCUT2D eigenvalue weighted by molar-refractivity contribution is 0.207. The van der Waals surface area contributed by atoms with E-state index in [0.717, 1.165) is 0 Å². The van der Waals surface area contributed by atoms with Crippen LogP contribution >= 0.6 is 11.6 Å². The van der Waals surface area contributed by atoms with Gasteiger partial charge >= 0.3 is 0 Å². The molecule has 200 valence electrons. The summed E-state index contributed by atoms with van der Waals surface area (Å²) in [6, 6.07) is 13.9.